The van der Waals surface area contributed by atoms with Gasteiger partial charge in [0, 0.05) is 6.61 Å². The van der Waals surface area contributed by atoms with Crippen molar-refractivity contribution in [2.24, 2.45) is 0 Å². The summed E-state index contributed by atoms with van der Waals surface area (Å²) in [4.78, 5) is 0. The average molecular weight is 239 g/mol. The van der Waals surface area contributed by atoms with Crippen LogP contribution in [-0.2, 0) is 0 Å². The van der Waals surface area contributed by atoms with Crippen LogP contribution in [0.15, 0.2) is 0 Å². The van der Waals surface area contributed by atoms with E-state index in [1.165, 1.54) is 0 Å². The van der Waals surface area contributed by atoms with Crippen molar-refractivity contribution in [3.63, 3.8) is 0 Å². The van der Waals surface area contributed by atoms with Crippen LogP contribution in [0.25, 0.3) is 0 Å². The van der Waals surface area contributed by atoms with Gasteiger partial charge in [-0.05, 0) is 6.92 Å². The van der Waals surface area contributed by atoms with E-state index >= 15 is 0 Å². The van der Waals surface area contributed by atoms with E-state index in [-0.39, 0.29) is 53.9 Å². The Bertz CT molecular complexity index is 12.9. The topological polar surface area (TPSA) is 83.2 Å². The van der Waals surface area contributed by atoms with Gasteiger partial charge >= 0.3 is 23.9 Å². The average Bonchev–Trinajstić information content (AvgIpc) is 0.918. The zero-order valence-corrected chi connectivity index (χ0v) is 9.12. The maximum absolute atomic E-state index is 7.57. The molecule has 5 N–H and O–H groups in total. The standard InChI is InChI=1S/C2H6O.ClH.2H2O.Sn.2H/c1-2-3;;;;;;/h3H,2H2,1H3;1H;2*1H2;;;. The molecule has 0 saturated heterocycles. The summed E-state index contributed by atoms with van der Waals surface area (Å²) in [6.45, 7) is 1.93. The Morgan fingerprint density at radius 3 is 1.29 bits per heavy atom. The first-order valence-electron chi connectivity index (χ1n) is 1.02. The summed E-state index contributed by atoms with van der Waals surface area (Å²) in [5, 5.41) is 7.57. The Kier molecular flexibility index (Phi) is 402. The third kappa shape index (κ3) is 183. The Balaban J connectivity index is -0.00000000333. The fourth-order valence-electron chi connectivity index (χ4n) is 0. The number of aliphatic hydroxyl groups excluding tert-OH is 1. The van der Waals surface area contributed by atoms with Crippen LogP contribution in [0.4, 0.5) is 0 Å². The number of hydrogen-bond acceptors (Lipinski definition) is 1. The van der Waals surface area contributed by atoms with Gasteiger partial charge in [-0.1, -0.05) is 0 Å². The third-order valence-electron chi connectivity index (χ3n) is 0. The zero-order valence-electron chi connectivity index (χ0n) is 4.27. The van der Waals surface area contributed by atoms with E-state index in [9.17, 15) is 0 Å². The van der Waals surface area contributed by atoms with Gasteiger partial charge in [-0.15, -0.1) is 12.4 Å². The van der Waals surface area contributed by atoms with E-state index in [1.807, 2.05) is 0 Å². The Labute approximate surface area is 66.1 Å². The molecule has 50 valence electrons. The summed E-state index contributed by atoms with van der Waals surface area (Å²) in [6, 6.07) is 0. The molecule has 7 heavy (non-hydrogen) atoms. The zero-order chi connectivity index (χ0) is 2.71. The molecule has 0 heterocycles. The molecule has 0 fully saturated rings. The minimum atomic E-state index is 0. The third-order valence-corrected chi connectivity index (χ3v) is 0. The van der Waals surface area contributed by atoms with Gasteiger partial charge in [0.15, 0.2) is 0 Å². The van der Waals surface area contributed by atoms with Gasteiger partial charge in [-0.25, -0.2) is 0 Å². The van der Waals surface area contributed by atoms with Crippen LogP contribution >= 0.6 is 12.4 Å². The molecule has 0 spiro atoms. The molecule has 0 rings (SSSR count). The SMILES string of the molecule is CCO.Cl.O.O.[SnH2]. The second-order valence-corrected chi connectivity index (χ2v) is 0.316. The van der Waals surface area contributed by atoms with Crippen molar-refractivity contribution >= 4 is 36.3 Å². The van der Waals surface area contributed by atoms with Gasteiger partial charge in [0.2, 0.25) is 0 Å². The van der Waals surface area contributed by atoms with Crippen molar-refractivity contribution in [1.82, 2.24) is 0 Å². The molecule has 3 nitrogen and oxygen atoms in total. The monoisotopic (exact) mass is 240 g/mol. The van der Waals surface area contributed by atoms with Crippen LogP contribution in [0.1, 0.15) is 6.92 Å². The van der Waals surface area contributed by atoms with E-state index in [0.717, 1.165) is 0 Å². The van der Waals surface area contributed by atoms with Gasteiger partial charge in [-0.3, -0.25) is 0 Å². The molecule has 0 aromatic heterocycles. The molecule has 0 aliphatic rings. The molecule has 2 radical (unpaired) electrons. The van der Waals surface area contributed by atoms with Crippen molar-refractivity contribution in [3.8, 4) is 0 Å². The molecular formula is C2H13ClO3Sn. The Morgan fingerprint density at radius 2 is 1.29 bits per heavy atom. The van der Waals surface area contributed by atoms with Gasteiger partial charge in [0.25, 0.3) is 0 Å². The van der Waals surface area contributed by atoms with Crippen LogP contribution < -0.4 is 0 Å². The number of halogens is 1. The summed E-state index contributed by atoms with van der Waals surface area (Å²) >= 11 is 0. The fourth-order valence-corrected chi connectivity index (χ4v) is 0. The van der Waals surface area contributed by atoms with Crippen LogP contribution in [-0.4, -0.2) is 46.6 Å². The molecule has 0 atom stereocenters. The van der Waals surface area contributed by atoms with Gasteiger partial charge in [0.1, 0.15) is 0 Å². The molecule has 5 heteroatoms. The molecule has 0 amide bonds. The first kappa shape index (κ1) is 43.9. The molecular weight excluding hydrogens is 226 g/mol. The maximum atomic E-state index is 7.57. The fraction of sp³-hybridized carbons (Fsp3) is 1.00. The van der Waals surface area contributed by atoms with Gasteiger partial charge in [0.05, 0.1) is 0 Å². The minimum absolute atomic E-state index is 0. The number of rotatable bonds is 0. The Hall–Kier alpha value is 0.969. The first-order valence-corrected chi connectivity index (χ1v) is 1.02. The molecule has 0 aliphatic heterocycles. The summed E-state index contributed by atoms with van der Waals surface area (Å²) in [5.74, 6) is 0. The molecule has 0 aliphatic carbocycles. The van der Waals surface area contributed by atoms with Gasteiger partial charge in [-0.2, -0.15) is 0 Å². The van der Waals surface area contributed by atoms with E-state index in [2.05, 4.69) is 0 Å². The second-order valence-electron chi connectivity index (χ2n) is 0.316. The van der Waals surface area contributed by atoms with Crippen LogP contribution in [0, 0.1) is 0 Å². The van der Waals surface area contributed by atoms with Crippen molar-refractivity contribution in [1.29, 1.82) is 0 Å². The quantitative estimate of drug-likeness (QED) is 0.480. The van der Waals surface area contributed by atoms with E-state index < -0.39 is 0 Å². The van der Waals surface area contributed by atoms with Crippen LogP contribution in [0.5, 0.6) is 0 Å². The summed E-state index contributed by atoms with van der Waals surface area (Å²) in [5.41, 5.74) is 0. The van der Waals surface area contributed by atoms with Crippen molar-refractivity contribution in [2.45, 2.75) is 6.92 Å². The summed E-state index contributed by atoms with van der Waals surface area (Å²) in [6.07, 6.45) is 0. The summed E-state index contributed by atoms with van der Waals surface area (Å²) in [7, 11) is 0. The molecule has 0 unspecified atom stereocenters. The van der Waals surface area contributed by atoms with Crippen LogP contribution in [0.2, 0.25) is 0 Å². The molecule has 0 bridgehead atoms. The second kappa shape index (κ2) is 64.1. The van der Waals surface area contributed by atoms with Crippen molar-refractivity contribution in [2.75, 3.05) is 6.61 Å². The first-order chi connectivity index (χ1) is 1.41. The van der Waals surface area contributed by atoms with Crippen LogP contribution in [0.3, 0.4) is 0 Å². The molecule has 0 aromatic carbocycles. The van der Waals surface area contributed by atoms with E-state index in [1.54, 1.807) is 6.92 Å². The predicted octanol–water partition coefficient (Wildman–Crippen LogP) is -2.15. The molecule has 0 saturated carbocycles. The normalized spacial score (nSPS) is 2.57. The Morgan fingerprint density at radius 1 is 1.29 bits per heavy atom. The number of hydrogen-bond donors (Lipinski definition) is 1. The van der Waals surface area contributed by atoms with Crippen molar-refractivity contribution in [3.05, 3.63) is 0 Å². The summed E-state index contributed by atoms with van der Waals surface area (Å²) < 4.78 is 0. The van der Waals surface area contributed by atoms with Crippen molar-refractivity contribution < 1.29 is 16.1 Å². The van der Waals surface area contributed by atoms with E-state index in [4.69, 9.17) is 5.11 Å². The molecule has 0 aromatic rings. The number of aliphatic hydroxyl groups is 1. The predicted molar refractivity (Wildman–Crippen MR) is 35.8 cm³/mol. The van der Waals surface area contributed by atoms with E-state index in [0.29, 0.717) is 0 Å². The van der Waals surface area contributed by atoms with Gasteiger partial charge < -0.3 is 16.1 Å².